The summed E-state index contributed by atoms with van der Waals surface area (Å²) in [6, 6.07) is 11.9. The molecule has 0 saturated heterocycles. The van der Waals surface area contributed by atoms with Gasteiger partial charge in [0.25, 0.3) is 11.8 Å². The summed E-state index contributed by atoms with van der Waals surface area (Å²) in [5.74, 6) is -0.242. The highest BCUT2D eigenvalue weighted by Gasteiger charge is 2.18. The van der Waals surface area contributed by atoms with Gasteiger partial charge in [0.05, 0.1) is 16.3 Å². The zero-order chi connectivity index (χ0) is 19.3. The molecule has 0 spiro atoms. The van der Waals surface area contributed by atoms with Crippen LogP contribution in [0.4, 0.5) is 5.69 Å². The molecule has 7 heteroatoms. The van der Waals surface area contributed by atoms with Crippen LogP contribution in [0.5, 0.6) is 5.75 Å². The van der Waals surface area contributed by atoms with E-state index in [9.17, 15) is 9.59 Å². The third-order valence-electron chi connectivity index (χ3n) is 3.19. The number of anilines is 1. The van der Waals surface area contributed by atoms with Crippen LogP contribution in [0.15, 0.2) is 46.9 Å². The van der Waals surface area contributed by atoms with Crippen LogP contribution < -0.4 is 15.4 Å². The van der Waals surface area contributed by atoms with Crippen LogP contribution in [0.2, 0.25) is 5.02 Å². The van der Waals surface area contributed by atoms with Crippen LogP contribution in [0.3, 0.4) is 0 Å². The molecular formula is C19H20BrClN2O3. The Morgan fingerprint density at radius 2 is 1.85 bits per heavy atom. The van der Waals surface area contributed by atoms with E-state index >= 15 is 0 Å². The Morgan fingerprint density at radius 1 is 1.15 bits per heavy atom. The summed E-state index contributed by atoms with van der Waals surface area (Å²) in [6.45, 7) is 5.45. The standard InChI is InChI=1S/C19H20BrClN2O3/c1-19(2,3)23-18(25)13-6-4-5-7-15(13)22-17(24)11-26-16-9-8-12(20)10-14(16)21/h4-10H,11H2,1-3H3,(H,22,24)(H,23,25). The molecule has 2 aromatic carbocycles. The van der Waals surface area contributed by atoms with Gasteiger partial charge in [0.2, 0.25) is 0 Å². The quantitative estimate of drug-likeness (QED) is 0.713. The highest BCUT2D eigenvalue weighted by atomic mass is 79.9. The molecule has 0 atom stereocenters. The van der Waals surface area contributed by atoms with Crippen molar-refractivity contribution >= 4 is 45.0 Å². The number of carbonyl (C=O) groups excluding carboxylic acids is 2. The van der Waals surface area contributed by atoms with Gasteiger partial charge in [0.15, 0.2) is 6.61 Å². The van der Waals surface area contributed by atoms with E-state index in [1.165, 1.54) is 0 Å². The second kappa shape index (κ2) is 8.56. The van der Waals surface area contributed by atoms with Crippen LogP contribution in [0.1, 0.15) is 31.1 Å². The number of hydrogen-bond acceptors (Lipinski definition) is 3. The number of carbonyl (C=O) groups is 2. The number of para-hydroxylation sites is 1. The van der Waals surface area contributed by atoms with Gasteiger partial charge in [0.1, 0.15) is 5.75 Å². The van der Waals surface area contributed by atoms with Crippen LogP contribution in [0, 0.1) is 0 Å². The molecule has 2 amide bonds. The van der Waals surface area contributed by atoms with Crippen LogP contribution in [0.25, 0.3) is 0 Å². The summed E-state index contributed by atoms with van der Waals surface area (Å²) in [5.41, 5.74) is 0.428. The molecule has 0 unspecified atom stereocenters. The van der Waals surface area contributed by atoms with Gasteiger partial charge in [-0.3, -0.25) is 9.59 Å². The Bertz CT molecular complexity index is 819. The van der Waals surface area contributed by atoms with E-state index in [1.54, 1.807) is 42.5 Å². The Kier molecular flexibility index (Phi) is 6.67. The number of benzene rings is 2. The number of rotatable bonds is 5. The fourth-order valence-corrected chi connectivity index (χ4v) is 2.85. The van der Waals surface area contributed by atoms with E-state index in [4.69, 9.17) is 16.3 Å². The molecule has 5 nitrogen and oxygen atoms in total. The summed E-state index contributed by atoms with van der Waals surface area (Å²) >= 11 is 9.37. The maximum Gasteiger partial charge on any atom is 0.262 e. The highest BCUT2D eigenvalue weighted by Crippen LogP contribution is 2.27. The van der Waals surface area contributed by atoms with Crippen molar-refractivity contribution in [2.24, 2.45) is 0 Å². The minimum atomic E-state index is -0.389. The Hall–Kier alpha value is -2.05. The van der Waals surface area contributed by atoms with E-state index in [0.29, 0.717) is 22.0 Å². The van der Waals surface area contributed by atoms with Gasteiger partial charge in [-0.2, -0.15) is 0 Å². The van der Waals surface area contributed by atoms with Crippen molar-refractivity contribution in [3.8, 4) is 5.75 Å². The predicted molar refractivity (Wildman–Crippen MR) is 107 cm³/mol. The summed E-state index contributed by atoms with van der Waals surface area (Å²) in [5, 5.41) is 5.98. The molecule has 2 N–H and O–H groups in total. The van der Waals surface area contributed by atoms with Crippen LogP contribution >= 0.6 is 27.5 Å². The van der Waals surface area contributed by atoms with E-state index in [-0.39, 0.29) is 24.0 Å². The highest BCUT2D eigenvalue weighted by molar-refractivity contribution is 9.10. The minimum Gasteiger partial charge on any atom is -0.482 e. The van der Waals surface area contributed by atoms with Crippen molar-refractivity contribution in [2.75, 3.05) is 11.9 Å². The molecule has 2 rings (SSSR count). The lowest BCUT2D eigenvalue weighted by molar-refractivity contribution is -0.118. The predicted octanol–water partition coefficient (Wildman–Crippen LogP) is 4.65. The first-order chi connectivity index (χ1) is 12.2. The molecule has 0 saturated carbocycles. The van der Waals surface area contributed by atoms with Crippen LogP contribution in [-0.2, 0) is 4.79 Å². The Morgan fingerprint density at radius 3 is 2.50 bits per heavy atom. The lowest BCUT2D eigenvalue weighted by Gasteiger charge is -2.21. The van der Waals surface area contributed by atoms with Gasteiger partial charge >= 0.3 is 0 Å². The summed E-state index contributed by atoms with van der Waals surface area (Å²) in [6.07, 6.45) is 0. The molecule has 0 aliphatic heterocycles. The lowest BCUT2D eigenvalue weighted by Crippen LogP contribution is -2.41. The number of halogens is 2. The summed E-state index contributed by atoms with van der Waals surface area (Å²) in [4.78, 5) is 24.6. The van der Waals surface area contributed by atoms with Crippen molar-refractivity contribution in [1.82, 2.24) is 5.32 Å². The molecule has 0 aromatic heterocycles. The van der Waals surface area contributed by atoms with Crippen LogP contribution in [-0.4, -0.2) is 24.0 Å². The van der Waals surface area contributed by atoms with Crippen molar-refractivity contribution in [3.05, 3.63) is 57.5 Å². The fourth-order valence-electron chi connectivity index (χ4n) is 2.12. The molecular weight excluding hydrogens is 420 g/mol. The second-order valence-electron chi connectivity index (χ2n) is 6.66. The number of hydrogen-bond donors (Lipinski definition) is 2. The van der Waals surface area contributed by atoms with E-state index < -0.39 is 0 Å². The van der Waals surface area contributed by atoms with Gasteiger partial charge in [-0.05, 0) is 51.1 Å². The lowest BCUT2D eigenvalue weighted by atomic mass is 10.1. The van der Waals surface area contributed by atoms with Gasteiger partial charge < -0.3 is 15.4 Å². The first-order valence-electron chi connectivity index (χ1n) is 7.95. The molecule has 0 heterocycles. The van der Waals surface area contributed by atoms with Crippen molar-refractivity contribution < 1.29 is 14.3 Å². The molecule has 26 heavy (non-hydrogen) atoms. The largest absolute Gasteiger partial charge is 0.482 e. The van der Waals surface area contributed by atoms with Crippen molar-refractivity contribution in [2.45, 2.75) is 26.3 Å². The average molecular weight is 440 g/mol. The minimum absolute atomic E-state index is 0.226. The van der Waals surface area contributed by atoms with E-state index in [1.807, 2.05) is 20.8 Å². The first-order valence-corrected chi connectivity index (χ1v) is 9.12. The monoisotopic (exact) mass is 438 g/mol. The smallest absolute Gasteiger partial charge is 0.262 e. The molecule has 138 valence electrons. The molecule has 0 radical (unpaired) electrons. The summed E-state index contributed by atoms with van der Waals surface area (Å²) in [7, 11) is 0. The van der Waals surface area contributed by atoms with Gasteiger partial charge in [-0.15, -0.1) is 0 Å². The molecule has 0 bridgehead atoms. The zero-order valence-electron chi connectivity index (χ0n) is 14.7. The third kappa shape index (κ3) is 6.04. The molecule has 2 aromatic rings. The van der Waals surface area contributed by atoms with Crippen molar-refractivity contribution in [1.29, 1.82) is 0 Å². The average Bonchev–Trinajstić information content (AvgIpc) is 2.53. The number of nitrogens with one attached hydrogen (secondary N) is 2. The molecule has 0 aliphatic carbocycles. The van der Waals surface area contributed by atoms with Gasteiger partial charge in [0, 0.05) is 10.0 Å². The fraction of sp³-hybridized carbons (Fsp3) is 0.263. The van der Waals surface area contributed by atoms with Crippen molar-refractivity contribution in [3.63, 3.8) is 0 Å². The van der Waals surface area contributed by atoms with Gasteiger partial charge in [-0.25, -0.2) is 0 Å². The third-order valence-corrected chi connectivity index (χ3v) is 3.98. The normalized spacial score (nSPS) is 11.0. The first kappa shape index (κ1) is 20.3. The molecule has 0 aliphatic rings. The molecule has 0 fully saturated rings. The zero-order valence-corrected chi connectivity index (χ0v) is 17.1. The maximum absolute atomic E-state index is 12.4. The summed E-state index contributed by atoms with van der Waals surface area (Å²) < 4.78 is 6.26. The van der Waals surface area contributed by atoms with E-state index in [0.717, 1.165) is 4.47 Å². The number of amides is 2. The number of ether oxygens (including phenoxy) is 1. The topological polar surface area (TPSA) is 67.4 Å². The Labute approximate surface area is 166 Å². The van der Waals surface area contributed by atoms with Gasteiger partial charge in [-0.1, -0.05) is 39.7 Å². The second-order valence-corrected chi connectivity index (χ2v) is 7.98. The Balaban J connectivity index is 2.04. The maximum atomic E-state index is 12.4. The van der Waals surface area contributed by atoms with E-state index in [2.05, 4.69) is 26.6 Å². The SMILES string of the molecule is CC(C)(C)NC(=O)c1ccccc1NC(=O)COc1ccc(Br)cc1Cl.